The number of carbonyl (C=O) groups is 1. The lowest BCUT2D eigenvalue weighted by Gasteiger charge is -2.13. The number of unbranched alkanes of at least 4 members (excludes halogenated alkanes) is 3. The predicted octanol–water partition coefficient (Wildman–Crippen LogP) is 6.51. The molecule has 5 nitrogen and oxygen atoms in total. The van der Waals surface area contributed by atoms with Crippen molar-refractivity contribution in [2.24, 2.45) is 0 Å². The normalized spacial score (nSPS) is 11.0. The zero-order chi connectivity index (χ0) is 20.8. The number of hydrogen-bond donors (Lipinski definition) is 2. The molecule has 6 heteroatoms. The van der Waals surface area contributed by atoms with E-state index in [9.17, 15) is 4.79 Å². The SMILES string of the molecule is CCCCCCc1c[nH]c2ccc(Oc3c(C)cc(OCC(=O)O)cc3Cl)cc12. The molecule has 0 spiro atoms. The molecule has 2 N–H and O–H groups in total. The van der Waals surface area contributed by atoms with Crippen LogP contribution in [0.5, 0.6) is 17.2 Å². The molecule has 1 heterocycles. The van der Waals surface area contributed by atoms with E-state index in [0.29, 0.717) is 22.3 Å². The van der Waals surface area contributed by atoms with Crippen molar-refractivity contribution in [3.05, 3.63) is 52.7 Å². The Bertz CT molecular complexity index is 973. The van der Waals surface area contributed by atoms with E-state index in [-0.39, 0.29) is 0 Å². The highest BCUT2D eigenvalue weighted by molar-refractivity contribution is 6.32. The number of carboxylic acid groups (broad SMARTS) is 1. The Labute approximate surface area is 175 Å². The van der Waals surface area contributed by atoms with Gasteiger partial charge in [-0.2, -0.15) is 0 Å². The van der Waals surface area contributed by atoms with Crippen molar-refractivity contribution in [1.82, 2.24) is 4.98 Å². The third-order valence-corrected chi connectivity index (χ3v) is 5.10. The summed E-state index contributed by atoms with van der Waals surface area (Å²) in [6.45, 7) is 3.65. The van der Waals surface area contributed by atoms with E-state index in [0.717, 1.165) is 22.9 Å². The molecule has 0 bridgehead atoms. The first-order chi connectivity index (χ1) is 14.0. The lowest BCUT2D eigenvalue weighted by atomic mass is 10.1. The molecule has 0 atom stereocenters. The summed E-state index contributed by atoms with van der Waals surface area (Å²) in [4.78, 5) is 14.0. The van der Waals surface area contributed by atoms with Crippen molar-refractivity contribution in [3.8, 4) is 17.2 Å². The van der Waals surface area contributed by atoms with Crippen molar-refractivity contribution in [1.29, 1.82) is 0 Å². The van der Waals surface area contributed by atoms with Gasteiger partial charge in [-0.25, -0.2) is 4.79 Å². The molecule has 0 saturated carbocycles. The van der Waals surface area contributed by atoms with Crippen molar-refractivity contribution in [2.75, 3.05) is 6.61 Å². The Balaban J connectivity index is 1.78. The van der Waals surface area contributed by atoms with Crippen LogP contribution in [0.4, 0.5) is 0 Å². The molecular formula is C23H26ClNO4. The summed E-state index contributed by atoms with van der Waals surface area (Å²) in [6.07, 6.45) is 8.03. The minimum Gasteiger partial charge on any atom is -0.482 e. The van der Waals surface area contributed by atoms with Crippen molar-refractivity contribution in [3.63, 3.8) is 0 Å². The van der Waals surface area contributed by atoms with Crippen LogP contribution in [-0.4, -0.2) is 22.7 Å². The number of aryl methyl sites for hydroxylation is 2. The number of carboxylic acids is 1. The fourth-order valence-corrected chi connectivity index (χ4v) is 3.64. The molecule has 0 unspecified atom stereocenters. The minimum absolute atomic E-state index is 0.374. The number of nitrogens with one attached hydrogen (secondary N) is 1. The molecule has 154 valence electrons. The fraction of sp³-hybridized carbons (Fsp3) is 0.348. The maximum atomic E-state index is 10.7. The van der Waals surface area contributed by atoms with E-state index < -0.39 is 12.6 Å². The van der Waals surface area contributed by atoms with Crippen molar-refractivity contribution < 1.29 is 19.4 Å². The maximum absolute atomic E-state index is 10.7. The monoisotopic (exact) mass is 415 g/mol. The van der Waals surface area contributed by atoms with Crippen LogP contribution in [0.1, 0.15) is 43.7 Å². The van der Waals surface area contributed by atoms with Gasteiger partial charge in [0.2, 0.25) is 0 Å². The third kappa shape index (κ3) is 5.45. The minimum atomic E-state index is -1.04. The van der Waals surface area contributed by atoms with Gasteiger partial charge in [0.15, 0.2) is 6.61 Å². The molecule has 0 aliphatic rings. The molecule has 0 fully saturated rings. The largest absolute Gasteiger partial charge is 0.482 e. The highest BCUT2D eigenvalue weighted by Crippen LogP contribution is 2.37. The van der Waals surface area contributed by atoms with E-state index in [4.69, 9.17) is 26.2 Å². The Morgan fingerprint density at radius 3 is 2.69 bits per heavy atom. The number of fused-ring (bicyclic) bond motifs is 1. The van der Waals surface area contributed by atoms with Gasteiger partial charge in [-0.15, -0.1) is 0 Å². The number of aromatic amines is 1. The fourth-order valence-electron chi connectivity index (χ4n) is 3.34. The van der Waals surface area contributed by atoms with Crippen molar-refractivity contribution in [2.45, 2.75) is 46.0 Å². The first-order valence-electron chi connectivity index (χ1n) is 9.90. The standard InChI is InChI=1S/C23H26ClNO4/c1-3-4-5-6-7-16-13-25-21-9-8-17(11-19(16)21)29-23-15(2)10-18(12-20(23)24)28-14-22(26)27/h8-13,25H,3-7,14H2,1-2H3,(H,26,27). The lowest BCUT2D eigenvalue weighted by Crippen LogP contribution is -2.09. The maximum Gasteiger partial charge on any atom is 0.341 e. The predicted molar refractivity (Wildman–Crippen MR) is 116 cm³/mol. The van der Waals surface area contributed by atoms with Gasteiger partial charge in [-0.05, 0) is 55.2 Å². The van der Waals surface area contributed by atoms with Gasteiger partial charge in [0.05, 0.1) is 5.02 Å². The van der Waals surface area contributed by atoms with Gasteiger partial charge >= 0.3 is 5.97 Å². The summed E-state index contributed by atoms with van der Waals surface area (Å²) in [5, 5.41) is 10.3. The first kappa shape index (κ1) is 21.1. The second-order valence-electron chi connectivity index (χ2n) is 7.17. The number of H-pyrrole nitrogens is 1. The number of benzene rings is 2. The molecule has 0 aliphatic heterocycles. The highest BCUT2D eigenvalue weighted by Gasteiger charge is 2.12. The topological polar surface area (TPSA) is 71.5 Å². The zero-order valence-electron chi connectivity index (χ0n) is 16.8. The molecular weight excluding hydrogens is 390 g/mol. The molecule has 3 rings (SSSR count). The second-order valence-corrected chi connectivity index (χ2v) is 7.57. The smallest absolute Gasteiger partial charge is 0.341 e. The molecule has 0 saturated heterocycles. The molecule has 0 radical (unpaired) electrons. The van der Waals surface area contributed by atoms with Gasteiger partial charge < -0.3 is 19.6 Å². The highest BCUT2D eigenvalue weighted by atomic mass is 35.5. The van der Waals surface area contributed by atoms with Gasteiger partial charge in [0.1, 0.15) is 17.2 Å². The number of halogens is 1. The van der Waals surface area contributed by atoms with Crippen molar-refractivity contribution >= 4 is 28.5 Å². The van der Waals surface area contributed by atoms with Crippen LogP contribution in [0.2, 0.25) is 5.02 Å². The first-order valence-corrected chi connectivity index (χ1v) is 10.3. The summed E-state index contributed by atoms with van der Waals surface area (Å²) >= 11 is 6.37. The van der Waals surface area contributed by atoms with Crippen LogP contribution >= 0.6 is 11.6 Å². The number of hydrogen-bond acceptors (Lipinski definition) is 3. The number of ether oxygens (including phenoxy) is 2. The average Bonchev–Trinajstić information content (AvgIpc) is 3.09. The molecule has 0 aliphatic carbocycles. The summed E-state index contributed by atoms with van der Waals surface area (Å²) in [5.41, 5.74) is 3.15. The van der Waals surface area contributed by atoms with E-state index in [1.165, 1.54) is 31.2 Å². The van der Waals surface area contributed by atoms with E-state index in [1.807, 2.05) is 25.1 Å². The summed E-state index contributed by atoms with van der Waals surface area (Å²) in [6, 6.07) is 9.24. The lowest BCUT2D eigenvalue weighted by molar-refractivity contribution is -0.139. The quantitative estimate of drug-likeness (QED) is 0.370. The van der Waals surface area contributed by atoms with Gasteiger partial charge in [0.25, 0.3) is 0 Å². The van der Waals surface area contributed by atoms with Crippen LogP contribution in [0.15, 0.2) is 36.5 Å². The molecule has 3 aromatic rings. The molecule has 29 heavy (non-hydrogen) atoms. The van der Waals surface area contributed by atoms with Crippen LogP contribution < -0.4 is 9.47 Å². The Morgan fingerprint density at radius 2 is 1.97 bits per heavy atom. The van der Waals surface area contributed by atoms with Crippen LogP contribution in [0, 0.1) is 6.92 Å². The Hall–Kier alpha value is -2.66. The molecule has 0 amide bonds. The summed E-state index contributed by atoms with van der Waals surface area (Å²) in [7, 11) is 0. The average molecular weight is 416 g/mol. The van der Waals surface area contributed by atoms with E-state index in [2.05, 4.69) is 18.1 Å². The van der Waals surface area contributed by atoms with Crippen LogP contribution in [-0.2, 0) is 11.2 Å². The molecule has 1 aromatic heterocycles. The molecule has 2 aromatic carbocycles. The zero-order valence-corrected chi connectivity index (χ0v) is 17.5. The van der Waals surface area contributed by atoms with E-state index in [1.54, 1.807) is 12.1 Å². The summed E-state index contributed by atoms with van der Waals surface area (Å²) in [5.74, 6) is 0.604. The summed E-state index contributed by atoms with van der Waals surface area (Å²) < 4.78 is 11.3. The van der Waals surface area contributed by atoms with E-state index >= 15 is 0 Å². The van der Waals surface area contributed by atoms with Crippen LogP contribution in [0.3, 0.4) is 0 Å². The number of aromatic nitrogens is 1. The Morgan fingerprint density at radius 1 is 1.14 bits per heavy atom. The van der Waals surface area contributed by atoms with Crippen LogP contribution in [0.25, 0.3) is 10.9 Å². The van der Waals surface area contributed by atoms with Gasteiger partial charge in [-0.3, -0.25) is 0 Å². The van der Waals surface area contributed by atoms with Gasteiger partial charge in [0, 0.05) is 23.2 Å². The second kappa shape index (κ2) is 9.70. The number of aliphatic carboxylic acids is 1. The third-order valence-electron chi connectivity index (χ3n) is 4.82. The Kier molecular flexibility index (Phi) is 7.04. The number of rotatable bonds is 10. The van der Waals surface area contributed by atoms with Gasteiger partial charge in [-0.1, -0.05) is 37.8 Å².